The van der Waals surface area contributed by atoms with Gasteiger partial charge in [0.25, 0.3) is 0 Å². The molecule has 0 aromatic heterocycles. The van der Waals surface area contributed by atoms with Gasteiger partial charge in [0, 0.05) is 18.9 Å². The van der Waals surface area contributed by atoms with Crippen LogP contribution >= 0.6 is 0 Å². The molecule has 0 heterocycles. The normalized spacial score (nSPS) is 8.80. The monoisotopic (exact) mass is 137 g/mol. The minimum Gasteiger partial charge on any atom is -0.328 e. The summed E-state index contributed by atoms with van der Waals surface area (Å²) in [6.07, 6.45) is 2.40. The van der Waals surface area contributed by atoms with Crippen molar-refractivity contribution in [2.45, 2.75) is 31.7 Å². The quantitative estimate of drug-likeness (QED) is 0.626. The molecule has 0 bridgehead atoms. The van der Waals surface area contributed by atoms with Crippen molar-refractivity contribution in [2.24, 2.45) is 5.73 Å². The fourth-order valence-electron chi connectivity index (χ4n) is 0.644. The third-order valence-corrected chi connectivity index (χ3v) is 1.25. The predicted molar refractivity (Wildman–Crippen MR) is 37.7 cm³/mol. The molecular weight excluding hydrogens is 126 g/mol. The highest BCUT2D eigenvalue weighted by atomic mass is 14.6. The minimum atomic E-state index is 0.0271. The highest BCUT2D eigenvalue weighted by Crippen LogP contribution is 1.99. The summed E-state index contributed by atoms with van der Waals surface area (Å²) in [6, 6.07) is 4.05. The summed E-state index contributed by atoms with van der Waals surface area (Å²) in [5, 5.41) is 16.3. The van der Waals surface area contributed by atoms with Crippen molar-refractivity contribution in [3.63, 3.8) is 0 Å². The molecule has 0 unspecified atom stereocenters. The van der Waals surface area contributed by atoms with Gasteiger partial charge in [0.1, 0.15) is 0 Å². The topological polar surface area (TPSA) is 73.6 Å². The molecule has 0 atom stereocenters. The van der Waals surface area contributed by atoms with Gasteiger partial charge in [0.2, 0.25) is 0 Å². The predicted octanol–water partition coefficient (Wildman–Crippen LogP) is 0.921. The van der Waals surface area contributed by atoms with Crippen molar-refractivity contribution in [1.29, 1.82) is 10.5 Å². The molecule has 0 fully saturated rings. The molecule has 54 valence electrons. The first-order valence-corrected chi connectivity index (χ1v) is 3.30. The lowest BCUT2D eigenvalue weighted by Gasteiger charge is -2.04. The Morgan fingerprint density at radius 2 is 1.50 bits per heavy atom. The van der Waals surface area contributed by atoms with Crippen molar-refractivity contribution in [3.05, 3.63) is 0 Å². The lowest BCUT2D eigenvalue weighted by Crippen LogP contribution is -2.18. The number of hydrogen-bond acceptors (Lipinski definition) is 3. The van der Waals surface area contributed by atoms with E-state index in [9.17, 15) is 0 Å². The molecule has 0 spiro atoms. The maximum Gasteiger partial charge on any atom is 0.0622 e. The Labute approximate surface area is 61.1 Å². The van der Waals surface area contributed by atoms with Crippen LogP contribution in [0.15, 0.2) is 0 Å². The summed E-state index contributed by atoms with van der Waals surface area (Å²) in [5.41, 5.74) is 5.54. The van der Waals surface area contributed by atoms with Crippen LogP contribution in [0.25, 0.3) is 0 Å². The van der Waals surface area contributed by atoms with Gasteiger partial charge >= 0.3 is 0 Å². The van der Waals surface area contributed by atoms with Gasteiger partial charge in [0.05, 0.1) is 12.1 Å². The SMILES string of the molecule is N#CCCC(N)CCC#N. The van der Waals surface area contributed by atoms with Crippen LogP contribution in [-0.2, 0) is 0 Å². The molecular formula is C7H11N3. The highest BCUT2D eigenvalue weighted by molar-refractivity contribution is 4.77. The molecule has 0 aliphatic carbocycles. The zero-order valence-electron chi connectivity index (χ0n) is 5.88. The van der Waals surface area contributed by atoms with E-state index < -0.39 is 0 Å². The zero-order chi connectivity index (χ0) is 7.82. The number of hydrogen-bond donors (Lipinski definition) is 1. The molecule has 0 radical (unpaired) electrons. The number of nitrogens with zero attached hydrogens (tertiary/aromatic N) is 2. The van der Waals surface area contributed by atoms with Crippen LogP contribution in [0.1, 0.15) is 25.7 Å². The van der Waals surface area contributed by atoms with Gasteiger partial charge in [0.15, 0.2) is 0 Å². The smallest absolute Gasteiger partial charge is 0.0622 e. The first-order chi connectivity index (χ1) is 4.81. The molecule has 0 saturated carbocycles. The average molecular weight is 137 g/mol. The van der Waals surface area contributed by atoms with E-state index in [2.05, 4.69) is 0 Å². The van der Waals surface area contributed by atoms with Crippen molar-refractivity contribution < 1.29 is 0 Å². The summed E-state index contributed by atoms with van der Waals surface area (Å²) in [6.45, 7) is 0. The summed E-state index contributed by atoms with van der Waals surface area (Å²) in [4.78, 5) is 0. The van der Waals surface area contributed by atoms with Crippen molar-refractivity contribution >= 4 is 0 Å². The lowest BCUT2D eigenvalue weighted by atomic mass is 10.1. The molecule has 2 N–H and O–H groups in total. The molecule has 0 aromatic rings. The standard InChI is InChI=1S/C7H11N3/c8-5-1-3-7(10)4-2-6-9/h7H,1-4,10H2. The second-order valence-corrected chi connectivity index (χ2v) is 2.15. The van der Waals surface area contributed by atoms with Crippen LogP contribution in [-0.4, -0.2) is 6.04 Å². The molecule has 3 heteroatoms. The van der Waals surface area contributed by atoms with Crippen LogP contribution in [0, 0.1) is 22.7 Å². The molecule has 0 aliphatic rings. The molecule has 10 heavy (non-hydrogen) atoms. The van der Waals surface area contributed by atoms with Crippen LogP contribution in [0.3, 0.4) is 0 Å². The van der Waals surface area contributed by atoms with Crippen LogP contribution in [0.5, 0.6) is 0 Å². The Balaban J connectivity index is 3.20. The molecule has 0 rings (SSSR count). The maximum absolute atomic E-state index is 8.17. The Morgan fingerprint density at radius 3 is 1.80 bits per heavy atom. The van der Waals surface area contributed by atoms with Crippen LogP contribution in [0.4, 0.5) is 0 Å². The molecule has 0 amide bonds. The zero-order valence-corrected chi connectivity index (χ0v) is 5.88. The minimum absolute atomic E-state index is 0.0271. The molecule has 3 nitrogen and oxygen atoms in total. The average Bonchev–Trinajstić information content (AvgIpc) is 1.97. The summed E-state index contributed by atoms with van der Waals surface area (Å²) in [7, 11) is 0. The van der Waals surface area contributed by atoms with E-state index in [0.717, 1.165) is 0 Å². The lowest BCUT2D eigenvalue weighted by molar-refractivity contribution is 0.585. The van der Waals surface area contributed by atoms with Crippen LogP contribution < -0.4 is 5.73 Å². The van der Waals surface area contributed by atoms with E-state index >= 15 is 0 Å². The fourth-order valence-corrected chi connectivity index (χ4v) is 0.644. The summed E-state index contributed by atoms with van der Waals surface area (Å²) < 4.78 is 0. The van der Waals surface area contributed by atoms with E-state index in [1.54, 1.807) is 0 Å². The van der Waals surface area contributed by atoms with Gasteiger partial charge in [-0.1, -0.05) is 0 Å². The van der Waals surface area contributed by atoms with E-state index in [4.69, 9.17) is 16.3 Å². The highest BCUT2D eigenvalue weighted by Gasteiger charge is 1.99. The first kappa shape index (κ1) is 8.94. The van der Waals surface area contributed by atoms with E-state index in [0.29, 0.717) is 25.7 Å². The van der Waals surface area contributed by atoms with Crippen molar-refractivity contribution in [1.82, 2.24) is 0 Å². The third kappa shape index (κ3) is 5.08. The molecule has 0 aromatic carbocycles. The summed E-state index contributed by atoms with van der Waals surface area (Å²) >= 11 is 0. The Morgan fingerprint density at radius 1 is 1.10 bits per heavy atom. The Kier molecular flexibility index (Phi) is 5.42. The van der Waals surface area contributed by atoms with Gasteiger partial charge in [-0.05, 0) is 12.8 Å². The van der Waals surface area contributed by atoms with Crippen molar-refractivity contribution in [2.75, 3.05) is 0 Å². The molecule has 0 saturated heterocycles. The van der Waals surface area contributed by atoms with E-state index in [1.165, 1.54) is 0 Å². The summed E-state index contributed by atoms with van der Waals surface area (Å²) in [5.74, 6) is 0. The third-order valence-electron chi connectivity index (χ3n) is 1.25. The number of rotatable bonds is 4. The van der Waals surface area contributed by atoms with Gasteiger partial charge in [-0.2, -0.15) is 10.5 Å². The number of nitrogens with two attached hydrogens (primary N) is 1. The Hall–Kier alpha value is -1.06. The van der Waals surface area contributed by atoms with Gasteiger partial charge < -0.3 is 5.73 Å². The largest absolute Gasteiger partial charge is 0.328 e. The molecule has 0 aliphatic heterocycles. The van der Waals surface area contributed by atoms with E-state index in [1.807, 2.05) is 12.1 Å². The van der Waals surface area contributed by atoms with Gasteiger partial charge in [-0.3, -0.25) is 0 Å². The fraction of sp³-hybridized carbons (Fsp3) is 0.714. The first-order valence-electron chi connectivity index (χ1n) is 3.30. The van der Waals surface area contributed by atoms with Gasteiger partial charge in [-0.25, -0.2) is 0 Å². The van der Waals surface area contributed by atoms with E-state index in [-0.39, 0.29) is 6.04 Å². The second kappa shape index (κ2) is 6.07. The maximum atomic E-state index is 8.17. The second-order valence-electron chi connectivity index (χ2n) is 2.15. The Bertz CT molecular complexity index is 133. The van der Waals surface area contributed by atoms with Crippen LogP contribution in [0.2, 0.25) is 0 Å². The van der Waals surface area contributed by atoms with Gasteiger partial charge in [-0.15, -0.1) is 0 Å². The number of nitriles is 2. The van der Waals surface area contributed by atoms with Crippen molar-refractivity contribution in [3.8, 4) is 12.1 Å².